The normalized spacial score (nSPS) is 20.3. The van der Waals surface area contributed by atoms with Gasteiger partial charge in [-0.1, -0.05) is 12.1 Å². The van der Waals surface area contributed by atoms with Crippen LogP contribution in [-0.4, -0.2) is 92.6 Å². The van der Waals surface area contributed by atoms with E-state index < -0.39 is 23.9 Å². The number of halogens is 1. The summed E-state index contributed by atoms with van der Waals surface area (Å²) in [4.78, 5) is 56.5. The molecule has 4 bridgehead atoms. The molecule has 51 heavy (non-hydrogen) atoms. The first-order valence-electron chi connectivity index (χ1n) is 17.2. The van der Waals surface area contributed by atoms with Gasteiger partial charge in [0.25, 0.3) is 11.8 Å². The molecule has 3 aliphatic rings. The maximum atomic E-state index is 14.7. The molecule has 13 heteroatoms. The fourth-order valence-electron chi connectivity index (χ4n) is 6.83. The summed E-state index contributed by atoms with van der Waals surface area (Å²) < 4.78 is 37.6. The minimum atomic E-state index is -0.632. The van der Waals surface area contributed by atoms with Crippen LogP contribution in [0.25, 0.3) is 0 Å². The van der Waals surface area contributed by atoms with Crippen molar-refractivity contribution in [2.24, 2.45) is 5.92 Å². The number of ether oxygens (including phenoxy) is 4. The van der Waals surface area contributed by atoms with E-state index in [0.717, 1.165) is 5.56 Å². The van der Waals surface area contributed by atoms with Crippen molar-refractivity contribution >= 4 is 23.6 Å². The maximum absolute atomic E-state index is 14.7. The molecule has 6 rings (SSSR count). The number of carbonyl (C=O) groups excluding carboxylic acids is 4. The predicted octanol–water partition coefficient (Wildman–Crippen LogP) is 3.50. The lowest BCUT2D eigenvalue weighted by atomic mass is 9.92. The number of fused-ring (bicyclic) bond motifs is 5. The molecule has 3 aromatic rings. The zero-order valence-corrected chi connectivity index (χ0v) is 28.8. The number of benzene rings is 3. The number of hydrogen-bond donors (Lipinski definition) is 2. The molecule has 0 saturated carbocycles. The van der Waals surface area contributed by atoms with E-state index in [1.807, 2.05) is 6.07 Å². The Morgan fingerprint density at radius 1 is 0.863 bits per heavy atom. The largest absolute Gasteiger partial charge is 0.497 e. The molecule has 3 aromatic carbocycles. The summed E-state index contributed by atoms with van der Waals surface area (Å²) in [5.74, 6) is 0.0847. The van der Waals surface area contributed by atoms with Crippen LogP contribution in [0.3, 0.4) is 0 Å². The highest BCUT2D eigenvalue weighted by Crippen LogP contribution is 2.30. The fraction of sp³-hybridized carbons (Fsp3) is 0.421. The van der Waals surface area contributed by atoms with E-state index in [1.54, 1.807) is 59.4 Å². The van der Waals surface area contributed by atoms with Gasteiger partial charge in [0.2, 0.25) is 11.8 Å². The van der Waals surface area contributed by atoms with E-state index in [9.17, 15) is 23.6 Å². The van der Waals surface area contributed by atoms with Crippen LogP contribution in [-0.2, 0) is 27.3 Å². The molecule has 3 aliphatic heterocycles. The lowest BCUT2D eigenvalue weighted by Gasteiger charge is -2.41. The molecule has 2 N–H and O–H groups in total. The van der Waals surface area contributed by atoms with Gasteiger partial charge in [-0.3, -0.25) is 19.2 Å². The second kappa shape index (κ2) is 16.1. The second-order valence-electron chi connectivity index (χ2n) is 13.0. The average molecular weight is 703 g/mol. The molecule has 0 radical (unpaired) electrons. The van der Waals surface area contributed by atoms with Gasteiger partial charge in [0, 0.05) is 63.1 Å². The summed E-state index contributed by atoms with van der Waals surface area (Å²) in [5.41, 5.74) is 1.89. The first kappa shape index (κ1) is 35.5. The van der Waals surface area contributed by atoms with Gasteiger partial charge in [-0.2, -0.15) is 0 Å². The van der Waals surface area contributed by atoms with Crippen LogP contribution in [0, 0.1) is 11.7 Å². The summed E-state index contributed by atoms with van der Waals surface area (Å²) in [7, 11) is 3.06. The van der Waals surface area contributed by atoms with Crippen LogP contribution in [0.5, 0.6) is 23.0 Å². The van der Waals surface area contributed by atoms with E-state index >= 15 is 0 Å². The Hall–Kier alpha value is -5.33. The molecule has 270 valence electrons. The third-order valence-electron chi connectivity index (χ3n) is 9.59. The van der Waals surface area contributed by atoms with Crippen molar-refractivity contribution in [2.75, 3.05) is 47.0 Å². The number of amides is 4. The van der Waals surface area contributed by atoms with Crippen LogP contribution >= 0.6 is 0 Å². The molecule has 0 spiro atoms. The summed E-state index contributed by atoms with van der Waals surface area (Å²) in [6.45, 7) is 1.21. The second-order valence-corrected chi connectivity index (χ2v) is 13.0. The number of rotatable bonds is 4. The van der Waals surface area contributed by atoms with Gasteiger partial charge in [0.1, 0.15) is 23.4 Å². The number of hydrogen-bond acceptors (Lipinski definition) is 8. The van der Waals surface area contributed by atoms with Crippen molar-refractivity contribution in [3.63, 3.8) is 0 Å². The number of methoxy groups -OCH3 is 2. The molecular weight excluding hydrogens is 659 g/mol. The Balaban J connectivity index is 1.16. The van der Waals surface area contributed by atoms with E-state index in [0.29, 0.717) is 73.7 Å². The number of aryl methyl sites for hydroxylation is 1. The zero-order valence-electron chi connectivity index (χ0n) is 28.8. The van der Waals surface area contributed by atoms with Gasteiger partial charge in [-0.15, -0.1) is 0 Å². The standard InChI is InChI=1S/C38H43FN4O8/c1-48-29-5-3-4-27(19-29)38(47)42-13-10-26(11-14-42)37(46)43-15-12-32-31(22-43)41-36(45)23-50-34-18-24(6-8-33(34)49-2)7-9-35(44)40-21-25-16-28(39)20-30(17-25)51-32/h3-6,8,16-20,26,31-32H,7,9-15,21-23H2,1-2H3,(H,40,44)(H,41,45)/t31-,32-/m1/s1. The highest BCUT2D eigenvalue weighted by molar-refractivity contribution is 5.95. The quantitative estimate of drug-likeness (QED) is 0.422. The van der Waals surface area contributed by atoms with Crippen LogP contribution in [0.1, 0.15) is 47.2 Å². The third-order valence-corrected chi connectivity index (χ3v) is 9.59. The number of likely N-dealkylation sites (tertiary alicyclic amines) is 2. The molecule has 2 saturated heterocycles. The summed E-state index contributed by atoms with van der Waals surface area (Å²) >= 11 is 0. The SMILES string of the molecule is COc1cccc(C(=O)N2CCC(C(=O)N3CC[C@H]4Oc5cc(F)cc(c5)CNC(=O)CCc5ccc(OC)c(c5)OCC(=O)N[C@@H]4C3)CC2)c1. The van der Waals surface area contributed by atoms with E-state index in [-0.39, 0.29) is 55.5 Å². The Labute approximate surface area is 296 Å². The lowest BCUT2D eigenvalue weighted by molar-refractivity contribution is -0.140. The van der Waals surface area contributed by atoms with Crippen LogP contribution in [0.15, 0.2) is 60.7 Å². The van der Waals surface area contributed by atoms with Gasteiger partial charge < -0.3 is 39.4 Å². The Kier molecular flexibility index (Phi) is 11.2. The average Bonchev–Trinajstić information content (AvgIpc) is 3.15. The van der Waals surface area contributed by atoms with Crippen molar-refractivity contribution in [1.29, 1.82) is 0 Å². The highest BCUT2D eigenvalue weighted by atomic mass is 19.1. The Bertz CT molecular complexity index is 1760. The van der Waals surface area contributed by atoms with Crippen molar-refractivity contribution < 1.29 is 42.5 Å². The summed E-state index contributed by atoms with van der Waals surface area (Å²) in [6.07, 6.45) is 1.44. The highest BCUT2D eigenvalue weighted by Gasteiger charge is 2.38. The van der Waals surface area contributed by atoms with Crippen molar-refractivity contribution in [3.05, 3.63) is 83.2 Å². The summed E-state index contributed by atoms with van der Waals surface area (Å²) in [6, 6.07) is 16.0. The van der Waals surface area contributed by atoms with Gasteiger partial charge >= 0.3 is 0 Å². The number of nitrogens with zero attached hydrogens (tertiary/aromatic N) is 2. The molecule has 2 atom stereocenters. The minimum Gasteiger partial charge on any atom is -0.497 e. The zero-order chi connectivity index (χ0) is 35.9. The number of nitrogens with one attached hydrogen (secondary N) is 2. The molecule has 0 aromatic heterocycles. The van der Waals surface area contributed by atoms with E-state index in [1.165, 1.54) is 19.2 Å². The van der Waals surface area contributed by atoms with Crippen molar-refractivity contribution in [2.45, 2.75) is 50.8 Å². The monoisotopic (exact) mass is 702 g/mol. The molecule has 12 nitrogen and oxygen atoms in total. The minimum absolute atomic E-state index is 0.0442. The van der Waals surface area contributed by atoms with Gasteiger partial charge in [-0.05, 0) is 72.9 Å². The van der Waals surface area contributed by atoms with Crippen LogP contribution in [0.2, 0.25) is 0 Å². The van der Waals surface area contributed by atoms with Crippen LogP contribution < -0.4 is 29.6 Å². The molecule has 2 fully saturated rings. The summed E-state index contributed by atoms with van der Waals surface area (Å²) in [5, 5.41) is 5.84. The molecular formula is C38H43FN4O8. The van der Waals surface area contributed by atoms with E-state index in [2.05, 4.69) is 10.6 Å². The lowest BCUT2D eigenvalue weighted by Crippen LogP contribution is -2.59. The number of piperidine rings is 2. The smallest absolute Gasteiger partial charge is 0.258 e. The predicted molar refractivity (Wildman–Crippen MR) is 184 cm³/mol. The topological polar surface area (TPSA) is 136 Å². The fourth-order valence-corrected chi connectivity index (χ4v) is 6.83. The first-order chi connectivity index (χ1) is 24.7. The molecule has 0 aliphatic carbocycles. The first-order valence-corrected chi connectivity index (χ1v) is 17.2. The number of carbonyl (C=O) groups is 4. The third kappa shape index (κ3) is 8.89. The molecule has 3 heterocycles. The van der Waals surface area contributed by atoms with Crippen molar-refractivity contribution in [1.82, 2.24) is 20.4 Å². The Morgan fingerprint density at radius 2 is 1.67 bits per heavy atom. The van der Waals surface area contributed by atoms with Crippen molar-refractivity contribution in [3.8, 4) is 23.0 Å². The van der Waals surface area contributed by atoms with Crippen LogP contribution in [0.4, 0.5) is 4.39 Å². The van der Waals surface area contributed by atoms with E-state index in [4.69, 9.17) is 18.9 Å². The Morgan fingerprint density at radius 3 is 2.45 bits per heavy atom. The molecule has 4 amide bonds. The maximum Gasteiger partial charge on any atom is 0.258 e. The van der Waals surface area contributed by atoms with Gasteiger partial charge in [-0.25, -0.2) is 4.39 Å². The van der Waals surface area contributed by atoms with Gasteiger partial charge in [0.15, 0.2) is 18.1 Å². The molecule has 0 unspecified atom stereocenters. The van der Waals surface area contributed by atoms with Gasteiger partial charge in [0.05, 0.1) is 20.3 Å².